The fourth-order valence-corrected chi connectivity index (χ4v) is 3.10. The Hall–Kier alpha value is -1.36. The Morgan fingerprint density at radius 2 is 1.70 bits per heavy atom. The van der Waals surface area contributed by atoms with Crippen LogP contribution in [0.2, 0.25) is 0 Å². The number of rotatable bonds is 4. The first-order valence-electron chi connectivity index (χ1n) is 6.45. The molecule has 1 heterocycles. The minimum absolute atomic E-state index is 0.588. The quantitative estimate of drug-likeness (QED) is 0.778. The van der Waals surface area contributed by atoms with Crippen LogP contribution in [0.5, 0.6) is 0 Å². The molecule has 5 heteroatoms. The van der Waals surface area contributed by atoms with Crippen molar-refractivity contribution in [1.29, 1.82) is 0 Å². The molecular weight excluding hydrogens is 283 g/mol. The molecule has 0 fully saturated rings. The molecule has 0 radical (unpaired) electrons. The largest absolute Gasteiger partial charge is 0.416 e. The van der Waals surface area contributed by atoms with E-state index >= 15 is 0 Å². The van der Waals surface area contributed by atoms with Crippen molar-refractivity contribution in [1.82, 2.24) is 4.98 Å². The van der Waals surface area contributed by atoms with Crippen molar-refractivity contribution >= 4 is 11.3 Å². The van der Waals surface area contributed by atoms with Gasteiger partial charge in [-0.25, -0.2) is 4.98 Å². The third kappa shape index (κ3) is 3.82. The second-order valence-corrected chi connectivity index (χ2v) is 6.08. The molecular formula is C15H16F3NS. The molecule has 0 saturated carbocycles. The Bertz CT molecular complexity index is 570. The van der Waals surface area contributed by atoms with E-state index in [4.69, 9.17) is 0 Å². The molecule has 20 heavy (non-hydrogen) atoms. The first-order chi connectivity index (χ1) is 9.36. The summed E-state index contributed by atoms with van der Waals surface area (Å²) in [6.45, 7) is 3.98. The molecule has 1 nitrogen and oxygen atoms in total. The molecule has 0 spiro atoms. The molecule has 0 N–H and O–H groups in total. The van der Waals surface area contributed by atoms with Gasteiger partial charge in [0.2, 0.25) is 0 Å². The van der Waals surface area contributed by atoms with Gasteiger partial charge in [0.15, 0.2) is 0 Å². The number of nitrogens with zero attached hydrogens (tertiary/aromatic N) is 1. The molecule has 0 saturated heterocycles. The molecule has 2 rings (SSSR count). The summed E-state index contributed by atoms with van der Waals surface area (Å²) < 4.78 is 37.3. The van der Waals surface area contributed by atoms with Crippen LogP contribution in [0.25, 0.3) is 0 Å². The molecule has 0 aliphatic heterocycles. The average Bonchev–Trinajstić information content (AvgIpc) is 2.67. The Morgan fingerprint density at radius 1 is 1.05 bits per heavy atom. The second kappa shape index (κ2) is 5.95. The highest BCUT2D eigenvalue weighted by atomic mass is 32.1. The molecule has 0 atom stereocenters. The average molecular weight is 299 g/mol. The van der Waals surface area contributed by atoms with E-state index in [1.54, 1.807) is 23.5 Å². The van der Waals surface area contributed by atoms with E-state index in [9.17, 15) is 13.2 Å². The van der Waals surface area contributed by atoms with Gasteiger partial charge in [0, 0.05) is 4.88 Å². The third-order valence-electron chi connectivity index (χ3n) is 3.15. The van der Waals surface area contributed by atoms with Crippen molar-refractivity contribution in [3.63, 3.8) is 0 Å². The summed E-state index contributed by atoms with van der Waals surface area (Å²) in [6, 6.07) is 5.43. The number of aromatic nitrogens is 1. The highest BCUT2D eigenvalue weighted by Crippen LogP contribution is 2.29. The molecule has 108 valence electrons. The number of thiazole rings is 1. The second-order valence-electron chi connectivity index (χ2n) is 4.79. The van der Waals surface area contributed by atoms with Gasteiger partial charge in [0.25, 0.3) is 0 Å². The van der Waals surface area contributed by atoms with E-state index < -0.39 is 11.7 Å². The van der Waals surface area contributed by atoms with E-state index in [-0.39, 0.29) is 0 Å². The highest BCUT2D eigenvalue weighted by molar-refractivity contribution is 7.11. The standard InChI is InChI=1S/C15H16F3NS/c1-10-14(20-11(2)19-10)5-3-4-12-6-8-13(9-7-12)15(16,17)18/h6-9H,3-5H2,1-2H3. The maximum atomic E-state index is 12.4. The van der Waals surface area contributed by atoms with Gasteiger partial charge in [-0.1, -0.05) is 12.1 Å². The van der Waals surface area contributed by atoms with Gasteiger partial charge >= 0.3 is 6.18 Å². The van der Waals surface area contributed by atoms with E-state index in [1.807, 2.05) is 13.8 Å². The Balaban J connectivity index is 1.90. The molecule has 0 unspecified atom stereocenters. The summed E-state index contributed by atoms with van der Waals surface area (Å²) in [5, 5.41) is 1.06. The number of benzene rings is 1. The van der Waals surface area contributed by atoms with Crippen molar-refractivity contribution < 1.29 is 13.2 Å². The maximum Gasteiger partial charge on any atom is 0.416 e. The number of hydrogen-bond donors (Lipinski definition) is 0. The van der Waals surface area contributed by atoms with Gasteiger partial charge in [-0.3, -0.25) is 0 Å². The highest BCUT2D eigenvalue weighted by Gasteiger charge is 2.29. The summed E-state index contributed by atoms with van der Waals surface area (Å²) in [6.07, 6.45) is -1.61. The number of alkyl halides is 3. The van der Waals surface area contributed by atoms with Crippen LogP contribution in [-0.4, -0.2) is 4.98 Å². The molecule has 1 aromatic heterocycles. The summed E-state index contributed by atoms with van der Waals surface area (Å²) in [7, 11) is 0. The molecule has 0 amide bonds. The van der Waals surface area contributed by atoms with Crippen LogP contribution >= 0.6 is 11.3 Å². The van der Waals surface area contributed by atoms with Gasteiger partial charge in [-0.2, -0.15) is 13.2 Å². The minimum Gasteiger partial charge on any atom is -0.247 e. The van der Waals surface area contributed by atoms with Crippen LogP contribution in [0.1, 0.15) is 33.1 Å². The lowest BCUT2D eigenvalue weighted by Crippen LogP contribution is -2.04. The van der Waals surface area contributed by atoms with Crippen molar-refractivity contribution in [2.75, 3.05) is 0 Å². The van der Waals surface area contributed by atoms with Crippen molar-refractivity contribution in [3.8, 4) is 0 Å². The number of halogens is 3. The predicted octanol–water partition coefficient (Wildman–Crippen LogP) is 4.95. The summed E-state index contributed by atoms with van der Waals surface area (Å²) in [4.78, 5) is 5.64. The molecule has 0 aliphatic carbocycles. The van der Waals surface area contributed by atoms with E-state index in [2.05, 4.69) is 4.98 Å². The first-order valence-corrected chi connectivity index (χ1v) is 7.27. The maximum absolute atomic E-state index is 12.4. The van der Waals surface area contributed by atoms with E-state index in [0.717, 1.165) is 47.7 Å². The van der Waals surface area contributed by atoms with Crippen molar-refractivity contribution in [2.24, 2.45) is 0 Å². The Labute approximate surface area is 120 Å². The zero-order chi connectivity index (χ0) is 14.8. The van der Waals surface area contributed by atoms with Gasteiger partial charge in [-0.15, -0.1) is 11.3 Å². The fourth-order valence-electron chi connectivity index (χ4n) is 2.12. The van der Waals surface area contributed by atoms with Gasteiger partial charge in [-0.05, 0) is 50.8 Å². The summed E-state index contributed by atoms with van der Waals surface area (Å²) >= 11 is 1.70. The Kier molecular flexibility index (Phi) is 4.48. The lowest BCUT2D eigenvalue weighted by molar-refractivity contribution is -0.137. The van der Waals surface area contributed by atoms with Crippen LogP contribution in [0.4, 0.5) is 13.2 Å². The molecule has 1 aromatic carbocycles. The third-order valence-corrected chi connectivity index (χ3v) is 4.28. The van der Waals surface area contributed by atoms with Gasteiger partial charge < -0.3 is 0 Å². The van der Waals surface area contributed by atoms with Crippen molar-refractivity contribution in [3.05, 3.63) is 51.0 Å². The predicted molar refractivity (Wildman–Crippen MR) is 75.1 cm³/mol. The number of aryl methyl sites for hydroxylation is 4. The van der Waals surface area contributed by atoms with Crippen LogP contribution in [0.3, 0.4) is 0 Å². The summed E-state index contributed by atoms with van der Waals surface area (Å²) in [5.74, 6) is 0. The van der Waals surface area contributed by atoms with Crippen molar-refractivity contribution in [2.45, 2.75) is 39.3 Å². The molecule has 0 bridgehead atoms. The number of hydrogen-bond acceptors (Lipinski definition) is 2. The Morgan fingerprint density at radius 3 is 2.20 bits per heavy atom. The minimum atomic E-state index is -4.25. The van der Waals surface area contributed by atoms with Crippen LogP contribution in [-0.2, 0) is 19.0 Å². The fraction of sp³-hybridized carbons (Fsp3) is 0.400. The smallest absolute Gasteiger partial charge is 0.247 e. The van der Waals surface area contributed by atoms with Crippen LogP contribution in [0.15, 0.2) is 24.3 Å². The zero-order valence-electron chi connectivity index (χ0n) is 11.4. The van der Waals surface area contributed by atoms with E-state index in [0.29, 0.717) is 0 Å². The SMILES string of the molecule is Cc1nc(C)c(CCCc2ccc(C(F)(F)F)cc2)s1. The summed E-state index contributed by atoms with van der Waals surface area (Å²) in [5.41, 5.74) is 1.42. The first kappa shape index (κ1) is 15.0. The normalized spacial score (nSPS) is 11.8. The zero-order valence-corrected chi connectivity index (χ0v) is 12.2. The van der Waals surface area contributed by atoms with E-state index in [1.165, 1.54) is 4.88 Å². The molecule has 2 aromatic rings. The monoisotopic (exact) mass is 299 g/mol. The lowest BCUT2D eigenvalue weighted by Gasteiger charge is -2.07. The van der Waals surface area contributed by atoms with Gasteiger partial charge in [0.05, 0.1) is 16.3 Å². The topological polar surface area (TPSA) is 12.9 Å². The van der Waals surface area contributed by atoms with Gasteiger partial charge in [0.1, 0.15) is 0 Å². The van der Waals surface area contributed by atoms with Crippen LogP contribution in [0, 0.1) is 13.8 Å². The van der Waals surface area contributed by atoms with Crippen LogP contribution < -0.4 is 0 Å². The molecule has 0 aliphatic rings. The lowest BCUT2D eigenvalue weighted by atomic mass is 10.1.